The monoisotopic (exact) mass is 615 g/mol. The quantitative estimate of drug-likeness (QED) is 0.197. The molecule has 0 bridgehead atoms. The molecule has 0 N–H and O–H groups in total. The van der Waals surface area contributed by atoms with Crippen LogP contribution in [0, 0.1) is 0 Å². The number of rotatable bonds is 4. The number of para-hydroxylation sites is 1. The number of aromatic nitrogens is 3. The van der Waals surface area contributed by atoms with Gasteiger partial charge >= 0.3 is 0 Å². The SMILES string of the molecule is c1ccc(-c2nc(-c3ccc4c(c3)oc3ccccc34)nc(-c3ccc4c(c3)oc3cccc(-c5ccc6ccccc6c5)c34)n2)cc1. The first-order chi connectivity index (χ1) is 23.7. The van der Waals surface area contributed by atoms with Gasteiger partial charge in [-0.2, -0.15) is 0 Å². The number of fused-ring (bicyclic) bond motifs is 7. The Kier molecular flexibility index (Phi) is 5.81. The molecule has 48 heavy (non-hydrogen) atoms. The van der Waals surface area contributed by atoms with Gasteiger partial charge in [0.05, 0.1) is 0 Å². The molecule has 5 nitrogen and oxygen atoms in total. The average Bonchev–Trinajstić information content (AvgIpc) is 3.72. The molecular formula is C43H25N3O2. The van der Waals surface area contributed by atoms with E-state index in [0.717, 1.165) is 71.7 Å². The van der Waals surface area contributed by atoms with Crippen LogP contribution in [0.3, 0.4) is 0 Å². The van der Waals surface area contributed by atoms with Gasteiger partial charge in [-0.1, -0.05) is 109 Å². The molecule has 7 aromatic carbocycles. The van der Waals surface area contributed by atoms with E-state index < -0.39 is 0 Å². The van der Waals surface area contributed by atoms with Crippen LogP contribution < -0.4 is 0 Å². The van der Waals surface area contributed by atoms with Gasteiger partial charge in [-0.05, 0) is 64.4 Å². The largest absolute Gasteiger partial charge is 0.456 e. The summed E-state index contributed by atoms with van der Waals surface area (Å²) in [5, 5.41) is 6.72. The minimum atomic E-state index is 0.570. The summed E-state index contributed by atoms with van der Waals surface area (Å²) in [4.78, 5) is 14.9. The van der Waals surface area contributed by atoms with Gasteiger partial charge < -0.3 is 8.83 Å². The summed E-state index contributed by atoms with van der Waals surface area (Å²) in [6, 6.07) is 51.8. The van der Waals surface area contributed by atoms with Crippen molar-refractivity contribution in [2.45, 2.75) is 0 Å². The normalized spacial score (nSPS) is 11.8. The molecule has 0 unspecified atom stereocenters. The maximum Gasteiger partial charge on any atom is 0.164 e. The first-order valence-electron chi connectivity index (χ1n) is 15.9. The van der Waals surface area contributed by atoms with Crippen molar-refractivity contribution in [2.75, 3.05) is 0 Å². The lowest BCUT2D eigenvalue weighted by molar-refractivity contribution is 0.668. The molecule has 0 spiro atoms. The van der Waals surface area contributed by atoms with Crippen LogP contribution in [0.1, 0.15) is 0 Å². The van der Waals surface area contributed by atoms with Crippen molar-refractivity contribution < 1.29 is 8.83 Å². The van der Waals surface area contributed by atoms with Gasteiger partial charge in [0.25, 0.3) is 0 Å². The molecule has 0 saturated heterocycles. The maximum absolute atomic E-state index is 6.49. The molecule has 0 saturated carbocycles. The van der Waals surface area contributed by atoms with Crippen molar-refractivity contribution in [3.05, 3.63) is 152 Å². The van der Waals surface area contributed by atoms with Crippen molar-refractivity contribution in [3.8, 4) is 45.3 Å². The standard InChI is InChI=1S/C43H25N3O2/c1-2-10-27(11-3-1)41-44-42(30-19-21-34-33-13-6-7-15-36(33)47-38(34)24-30)46-43(45-41)31-20-22-35-39(25-31)48-37-16-8-14-32(40(35)37)29-18-17-26-9-4-5-12-28(26)23-29/h1-25H. The minimum Gasteiger partial charge on any atom is -0.456 e. The summed E-state index contributed by atoms with van der Waals surface area (Å²) in [5.74, 6) is 1.74. The molecule has 224 valence electrons. The first-order valence-corrected chi connectivity index (χ1v) is 15.9. The van der Waals surface area contributed by atoms with Crippen LogP contribution in [-0.4, -0.2) is 15.0 Å². The van der Waals surface area contributed by atoms with Crippen LogP contribution in [-0.2, 0) is 0 Å². The summed E-state index contributed by atoms with van der Waals surface area (Å²) < 4.78 is 12.7. The molecule has 0 aliphatic rings. The van der Waals surface area contributed by atoms with Crippen LogP contribution in [0.15, 0.2) is 160 Å². The highest BCUT2D eigenvalue weighted by atomic mass is 16.3. The molecular weight excluding hydrogens is 590 g/mol. The predicted octanol–water partition coefficient (Wildman–Crippen LogP) is 11.5. The van der Waals surface area contributed by atoms with E-state index in [1.807, 2.05) is 66.7 Å². The van der Waals surface area contributed by atoms with Crippen LogP contribution in [0.2, 0.25) is 0 Å². The van der Waals surface area contributed by atoms with Crippen molar-refractivity contribution in [1.82, 2.24) is 15.0 Å². The van der Waals surface area contributed by atoms with Gasteiger partial charge in [0.2, 0.25) is 0 Å². The Morgan fingerprint density at radius 2 is 0.917 bits per heavy atom. The molecule has 0 fully saturated rings. The smallest absolute Gasteiger partial charge is 0.164 e. The fourth-order valence-electron chi connectivity index (χ4n) is 6.78. The van der Waals surface area contributed by atoms with E-state index in [0.29, 0.717) is 17.5 Å². The predicted molar refractivity (Wildman–Crippen MR) is 194 cm³/mol. The van der Waals surface area contributed by atoms with Gasteiger partial charge in [0, 0.05) is 38.2 Å². The zero-order chi connectivity index (χ0) is 31.6. The Balaban J connectivity index is 1.13. The Morgan fingerprint density at radius 1 is 0.333 bits per heavy atom. The number of hydrogen-bond acceptors (Lipinski definition) is 5. The Labute approximate surface area is 274 Å². The van der Waals surface area contributed by atoms with E-state index in [4.69, 9.17) is 23.8 Å². The Morgan fingerprint density at radius 3 is 1.73 bits per heavy atom. The first kappa shape index (κ1) is 26.6. The van der Waals surface area contributed by atoms with Gasteiger partial charge in [-0.3, -0.25) is 0 Å². The third-order valence-electron chi connectivity index (χ3n) is 9.12. The summed E-state index contributed by atoms with van der Waals surface area (Å²) in [7, 11) is 0. The molecule has 3 aromatic heterocycles. The lowest BCUT2D eigenvalue weighted by atomic mass is 9.97. The second-order valence-electron chi connectivity index (χ2n) is 12.0. The molecule has 0 aliphatic heterocycles. The van der Waals surface area contributed by atoms with Crippen molar-refractivity contribution in [1.29, 1.82) is 0 Å². The molecule has 0 aliphatic carbocycles. The molecule has 3 heterocycles. The van der Waals surface area contributed by atoms with Crippen LogP contribution in [0.25, 0.3) is 99.9 Å². The second-order valence-corrected chi connectivity index (χ2v) is 12.0. The van der Waals surface area contributed by atoms with Gasteiger partial charge in [0.15, 0.2) is 17.5 Å². The van der Waals surface area contributed by atoms with Crippen LogP contribution >= 0.6 is 0 Å². The summed E-state index contributed by atoms with van der Waals surface area (Å²) in [5.41, 5.74) is 8.18. The van der Waals surface area contributed by atoms with Gasteiger partial charge in [-0.15, -0.1) is 0 Å². The number of nitrogens with zero attached hydrogens (tertiary/aromatic N) is 3. The van der Waals surface area contributed by atoms with E-state index >= 15 is 0 Å². The summed E-state index contributed by atoms with van der Waals surface area (Å²) in [6.07, 6.45) is 0. The van der Waals surface area contributed by atoms with Gasteiger partial charge in [0.1, 0.15) is 22.3 Å². The fourth-order valence-corrected chi connectivity index (χ4v) is 6.78. The molecule has 0 atom stereocenters. The second kappa shape index (κ2) is 10.5. The summed E-state index contributed by atoms with van der Waals surface area (Å²) in [6.45, 7) is 0. The van der Waals surface area contributed by atoms with E-state index in [1.165, 1.54) is 10.8 Å². The van der Waals surface area contributed by atoms with Crippen LogP contribution in [0.4, 0.5) is 0 Å². The fraction of sp³-hybridized carbons (Fsp3) is 0. The highest BCUT2D eigenvalue weighted by molar-refractivity contribution is 6.13. The Hall–Kier alpha value is -6.59. The minimum absolute atomic E-state index is 0.570. The van der Waals surface area contributed by atoms with E-state index in [-0.39, 0.29) is 0 Å². The lowest BCUT2D eigenvalue weighted by Crippen LogP contribution is -2.00. The Bertz CT molecular complexity index is 2850. The third-order valence-corrected chi connectivity index (χ3v) is 9.12. The molecule has 0 radical (unpaired) electrons. The van der Waals surface area contributed by atoms with E-state index in [2.05, 4.69) is 84.9 Å². The highest BCUT2D eigenvalue weighted by Gasteiger charge is 2.17. The third kappa shape index (κ3) is 4.29. The van der Waals surface area contributed by atoms with Crippen LogP contribution in [0.5, 0.6) is 0 Å². The van der Waals surface area contributed by atoms with Crippen molar-refractivity contribution in [3.63, 3.8) is 0 Å². The topological polar surface area (TPSA) is 65.0 Å². The summed E-state index contributed by atoms with van der Waals surface area (Å²) >= 11 is 0. The lowest BCUT2D eigenvalue weighted by Gasteiger charge is -2.09. The molecule has 0 amide bonds. The number of hydrogen-bond donors (Lipinski definition) is 0. The zero-order valence-electron chi connectivity index (χ0n) is 25.6. The zero-order valence-corrected chi connectivity index (χ0v) is 25.6. The number of benzene rings is 7. The number of furan rings is 2. The van der Waals surface area contributed by atoms with Crippen molar-refractivity contribution >= 4 is 54.6 Å². The average molecular weight is 616 g/mol. The highest BCUT2D eigenvalue weighted by Crippen LogP contribution is 2.39. The van der Waals surface area contributed by atoms with E-state index in [9.17, 15) is 0 Å². The van der Waals surface area contributed by atoms with Gasteiger partial charge in [-0.25, -0.2) is 15.0 Å². The molecule has 10 rings (SSSR count). The van der Waals surface area contributed by atoms with E-state index in [1.54, 1.807) is 0 Å². The molecule has 10 aromatic rings. The molecule has 5 heteroatoms. The van der Waals surface area contributed by atoms with Crippen molar-refractivity contribution in [2.24, 2.45) is 0 Å². The maximum atomic E-state index is 6.49.